The van der Waals surface area contributed by atoms with E-state index in [1.165, 1.54) is 25.0 Å². The van der Waals surface area contributed by atoms with Crippen LogP contribution >= 0.6 is 0 Å². The van der Waals surface area contributed by atoms with Crippen molar-refractivity contribution in [1.82, 2.24) is 10.3 Å². The van der Waals surface area contributed by atoms with E-state index in [0.717, 1.165) is 12.1 Å². The number of aromatic nitrogens is 1. The normalized spacial score (nSPS) is 15.0. The Morgan fingerprint density at radius 2 is 1.82 bits per heavy atom. The highest BCUT2D eigenvalue weighted by atomic mass is 19.4. The average Bonchev–Trinajstić information content (AvgIpc) is 3.49. The molecule has 1 aliphatic rings. The van der Waals surface area contributed by atoms with Crippen LogP contribution in [0.15, 0.2) is 42.6 Å². The van der Waals surface area contributed by atoms with E-state index >= 15 is 0 Å². The van der Waals surface area contributed by atoms with Gasteiger partial charge in [-0.15, -0.1) is 0 Å². The monoisotopic (exact) mass is 394 g/mol. The highest BCUT2D eigenvalue weighted by molar-refractivity contribution is 5.77. The molecule has 28 heavy (non-hydrogen) atoms. The van der Waals surface area contributed by atoms with Crippen molar-refractivity contribution in [3.63, 3.8) is 0 Å². The van der Waals surface area contributed by atoms with Gasteiger partial charge in [-0.05, 0) is 62.1 Å². The fraction of sp³-hybridized carbons (Fsp3) is 0.400. The number of benzene rings is 1. The van der Waals surface area contributed by atoms with Gasteiger partial charge >= 0.3 is 6.18 Å². The highest BCUT2D eigenvalue weighted by Crippen LogP contribution is 2.30. The van der Waals surface area contributed by atoms with Gasteiger partial charge in [0.1, 0.15) is 11.5 Å². The zero-order valence-electron chi connectivity index (χ0n) is 15.3. The topological polar surface area (TPSA) is 60.5 Å². The lowest BCUT2D eigenvalue weighted by Gasteiger charge is -2.15. The summed E-state index contributed by atoms with van der Waals surface area (Å²) < 4.78 is 48.4. The van der Waals surface area contributed by atoms with Crippen LogP contribution in [-0.4, -0.2) is 24.1 Å². The van der Waals surface area contributed by atoms with Gasteiger partial charge in [0.25, 0.3) is 5.91 Å². The molecule has 1 heterocycles. The molecule has 1 fully saturated rings. The maximum Gasteiger partial charge on any atom is 0.416 e. The minimum atomic E-state index is -4.41. The number of hydrogen-bond donors (Lipinski definition) is 1. The zero-order chi connectivity index (χ0) is 20.1. The maximum absolute atomic E-state index is 12.5. The Morgan fingerprint density at radius 3 is 2.39 bits per heavy atom. The first-order valence-corrected chi connectivity index (χ1v) is 8.99. The molecule has 1 aromatic heterocycles. The molecule has 0 saturated heterocycles. The van der Waals surface area contributed by atoms with Gasteiger partial charge < -0.3 is 14.8 Å². The minimum Gasteiger partial charge on any atom is -0.492 e. The molecule has 1 aliphatic carbocycles. The average molecular weight is 394 g/mol. The lowest BCUT2D eigenvalue weighted by molar-refractivity contribution is -0.137. The van der Waals surface area contributed by atoms with Gasteiger partial charge in [0.05, 0.1) is 30.1 Å². The Balaban J connectivity index is 1.44. The van der Waals surface area contributed by atoms with E-state index in [1.54, 1.807) is 19.2 Å². The molecule has 0 radical (unpaired) electrons. The lowest BCUT2D eigenvalue weighted by atomic mass is 10.2. The summed E-state index contributed by atoms with van der Waals surface area (Å²) in [4.78, 5) is 16.3. The number of nitrogens with one attached hydrogen (secondary N) is 1. The maximum atomic E-state index is 12.5. The summed E-state index contributed by atoms with van der Waals surface area (Å²) in [5.74, 6) is 1.14. The van der Waals surface area contributed by atoms with Crippen molar-refractivity contribution < 1.29 is 27.4 Å². The van der Waals surface area contributed by atoms with E-state index in [9.17, 15) is 18.0 Å². The molecule has 8 heteroatoms. The lowest BCUT2D eigenvalue weighted by Crippen LogP contribution is -2.31. The van der Waals surface area contributed by atoms with Crippen molar-refractivity contribution in [2.45, 2.75) is 32.0 Å². The molecule has 1 atom stereocenters. The van der Waals surface area contributed by atoms with Crippen LogP contribution in [0.25, 0.3) is 0 Å². The molecule has 3 rings (SSSR count). The Bertz CT molecular complexity index is 788. The Labute approximate surface area is 160 Å². The third-order valence-electron chi connectivity index (χ3n) is 4.31. The van der Waals surface area contributed by atoms with Gasteiger partial charge in [0.15, 0.2) is 6.61 Å². The van der Waals surface area contributed by atoms with Crippen molar-refractivity contribution in [2.75, 3.05) is 13.2 Å². The molecular formula is C20H21F3N2O3. The van der Waals surface area contributed by atoms with E-state index in [-0.39, 0.29) is 18.4 Å². The zero-order valence-corrected chi connectivity index (χ0v) is 15.3. The van der Waals surface area contributed by atoms with Crippen molar-refractivity contribution >= 4 is 5.91 Å². The molecular weight excluding hydrogens is 373 g/mol. The van der Waals surface area contributed by atoms with Gasteiger partial charge in [-0.25, -0.2) is 0 Å². The second-order valence-electron chi connectivity index (χ2n) is 6.77. The number of rotatable bonds is 8. The molecule has 5 nitrogen and oxygen atoms in total. The highest BCUT2D eigenvalue weighted by Gasteiger charge is 2.30. The summed E-state index contributed by atoms with van der Waals surface area (Å²) in [6, 6.07) is 7.43. The van der Waals surface area contributed by atoms with Gasteiger partial charge in [0.2, 0.25) is 0 Å². The smallest absolute Gasteiger partial charge is 0.416 e. The molecule has 2 aromatic rings. The summed E-state index contributed by atoms with van der Waals surface area (Å²) in [7, 11) is 0. The summed E-state index contributed by atoms with van der Waals surface area (Å²) in [5.41, 5.74) is -0.102. The van der Waals surface area contributed by atoms with Gasteiger partial charge in [-0.3, -0.25) is 9.78 Å². The van der Waals surface area contributed by atoms with Crippen LogP contribution in [0.4, 0.5) is 13.2 Å². The summed E-state index contributed by atoms with van der Waals surface area (Å²) in [6.07, 6.45) is -0.359. The molecule has 0 spiro atoms. The number of carbonyl (C=O) groups excluding carboxylic acids is 1. The Hall–Kier alpha value is -2.77. The third kappa shape index (κ3) is 5.87. The van der Waals surface area contributed by atoms with E-state index in [0.29, 0.717) is 24.0 Å². The number of amides is 1. The van der Waals surface area contributed by atoms with Crippen LogP contribution in [0.2, 0.25) is 0 Å². The fourth-order valence-corrected chi connectivity index (χ4v) is 2.48. The number of pyridine rings is 1. The minimum absolute atomic E-state index is 0.186. The SMILES string of the molecule is C[C@@H](NC(=O)COc1ccc(C(F)(F)F)cc1)c1ccc(OCC2CC2)cn1. The van der Waals surface area contributed by atoms with Crippen LogP contribution in [-0.2, 0) is 11.0 Å². The molecule has 1 amide bonds. The van der Waals surface area contributed by atoms with Crippen LogP contribution in [0.1, 0.15) is 37.1 Å². The fourth-order valence-electron chi connectivity index (χ4n) is 2.48. The first-order valence-electron chi connectivity index (χ1n) is 8.99. The van der Waals surface area contributed by atoms with Crippen LogP contribution in [0, 0.1) is 5.92 Å². The molecule has 150 valence electrons. The number of alkyl halides is 3. The summed E-state index contributed by atoms with van der Waals surface area (Å²) in [6.45, 7) is 2.18. The van der Waals surface area contributed by atoms with E-state index in [2.05, 4.69) is 10.3 Å². The molecule has 0 bridgehead atoms. The van der Waals surface area contributed by atoms with E-state index < -0.39 is 17.6 Å². The Kier molecular flexibility index (Phi) is 6.06. The number of halogens is 3. The van der Waals surface area contributed by atoms with Crippen LogP contribution in [0.3, 0.4) is 0 Å². The van der Waals surface area contributed by atoms with Crippen LogP contribution < -0.4 is 14.8 Å². The third-order valence-corrected chi connectivity index (χ3v) is 4.31. The first-order chi connectivity index (χ1) is 13.3. The molecule has 0 aliphatic heterocycles. The predicted octanol–water partition coefficient (Wildman–Crippen LogP) is 4.15. The van der Waals surface area contributed by atoms with E-state index in [1.807, 2.05) is 6.07 Å². The number of carbonyl (C=O) groups is 1. The molecule has 1 N–H and O–H groups in total. The second-order valence-corrected chi connectivity index (χ2v) is 6.77. The van der Waals surface area contributed by atoms with Crippen molar-refractivity contribution in [3.8, 4) is 11.5 Å². The molecule has 1 aromatic carbocycles. The van der Waals surface area contributed by atoms with Crippen LogP contribution in [0.5, 0.6) is 11.5 Å². The molecule has 1 saturated carbocycles. The number of nitrogens with zero attached hydrogens (tertiary/aromatic N) is 1. The standard InChI is InChI=1S/C20H21F3N2O3/c1-13(18-9-8-17(10-24-18)27-11-14-2-3-14)25-19(26)12-28-16-6-4-15(5-7-16)20(21,22)23/h4-10,13-14H,2-3,11-12H2,1H3,(H,25,26)/t13-/m1/s1. The van der Waals surface area contributed by atoms with Gasteiger partial charge in [0, 0.05) is 0 Å². The number of hydrogen-bond acceptors (Lipinski definition) is 4. The van der Waals surface area contributed by atoms with Gasteiger partial charge in [-0.1, -0.05) is 0 Å². The molecule has 0 unspecified atom stereocenters. The van der Waals surface area contributed by atoms with Crippen molar-refractivity contribution in [2.24, 2.45) is 5.92 Å². The van der Waals surface area contributed by atoms with Crippen molar-refractivity contribution in [1.29, 1.82) is 0 Å². The van der Waals surface area contributed by atoms with E-state index in [4.69, 9.17) is 9.47 Å². The van der Waals surface area contributed by atoms with Gasteiger partial charge in [-0.2, -0.15) is 13.2 Å². The quantitative estimate of drug-likeness (QED) is 0.731. The Morgan fingerprint density at radius 1 is 1.14 bits per heavy atom. The number of ether oxygens (including phenoxy) is 2. The predicted molar refractivity (Wildman–Crippen MR) is 96.0 cm³/mol. The first kappa shape index (κ1) is 20.0. The second kappa shape index (κ2) is 8.50. The summed E-state index contributed by atoms with van der Waals surface area (Å²) in [5, 5.41) is 2.73. The summed E-state index contributed by atoms with van der Waals surface area (Å²) >= 11 is 0. The largest absolute Gasteiger partial charge is 0.492 e. The van der Waals surface area contributed by atoms with Crippen molar-refractivity contribution in [3.05, 3.63) is 53.9 Å².